The van der Waals surface area contributed by atoms with Crippen LogP contribution in [-0.4, -0.2) is 10.7 Å². The van der Waals surface area contributed by atoms with Crippen LogP contribution in [0.4, 0.5) is 5.82 Å². The summed E-state index contributed by atoms with van der Waals surface area (Å²) in [6, 6.07) is 3.97. The number of nitrogen functional groups attached to an aromatic ring is 1. The molecule has 0 saturated carbocycles. The summed E-state index contributed by atoms with van der Waals surface area (Å²) in [6.45, 7) is 2.25. The second kappa shape index (κ2) is 8.45. The van der Waals surface area contributed by atoms with E-state index in [1.165, 1.54) is 49.2 Å². The van der Waals surface area contributed by atoms with Crippen LogP contribution in [0.3, 0.4) is 0 Å². The number of nitrogens with two attached hydrogens (primary N) is 1. The lowest BCUT2D eigenvalue weighted by molar-refractivity contribution is 0.627. The van der Waals surface area contributed by atoms with E-state index < -0.39 is 0 Å². The van der Waals surface area contributed by atoms with Gasteiger partial charge in [-0.15, -0.1) is 11.8 Å². The van der Waals surface area contributed by atoms with E-state index in [0.717, 1.165) is 0 Å². The van der Waals surface area contributed by atoms with E-state index in [1.807, 2.05) is 23.9 Å². The van der Waals surface area contributed by atoms with Gasteiger partial charge in [0.05, 0.1) is 0 Å². The van der Waals surface area contributed by atoms with Gasteiger partial charge < -0.3 is 5.73 Å². The van der Waals surface area contributed by atoms with Crippen LogP contribution in [0, 0.1) is 0 Å². The molecule has 3 heteroatoms. The lowest BCUT2D eigenvalue weighted by Gasteiger charge is -2.02. The van der Waals surface area contributed by atoms with Crippen LogP contribution in [0.25, 0.3) is 0 Å². The molecule has 0 unspecified atom stereocenters. The number of thioether (sulfide) groups is 1. The molecule has 0 aromatic carbocycles. The van der Waals surface area contributed by atoms with Gasteiger partial charge in [0.1, 0.15) is 5.82 Å². The van der Waals surface area contributed by atoms with Crippen LogP contribution in [0.15, 0.2) is 23.2 Å². The van der Waals surface area contributed by atoms with Crippen LogP contribution < -0.4 is 5.73 Å². The summed E-state index contributed by atoms with van der Waals surface area (Å²) in [6.07, 6.45) is 9.92. The zero-order valence-electron chi connectivity index (χ0n) is 10.1. The highest BCUT2D eigenvalue weighted by atomic mass is 32.2. The van der Waals surface area contributed by atoms with E-state index >= 15 is 0 Å². The average molecular weight is 238 g/mol. The maximum Gasteiger partial charge on any atom is 0.124 e. The predicted molar refractivity (Wildman–Crippen MR) is 72.7 cm³/mol. The molecule has 0 aliphatic rings. The third kappa shape index (κ3) is 6.01. The number of anilines is 1. The number of hydrogen-bond acceptors (Lipinski definition) is 3. The maximum atomic E-state index is 5.62. The number of unbranched alkanes of at least 4 members (excludes halogenated alkanes) is 5. The molecule has 1 heterocycles. The molecular formula is C13H22N2S. The Bertz CT molecular complexity index is 289. The zero-order chi connectivity index (χ0) is 11.6. The second-order valence-electron chi connectivity index (χ2n) is 4.03. The van der Waals surface area contributed by atoms with Gasteiger partial charge in [0, 0.05) is 11.1 Å². The van der Waals surface area contributed by atoms with Crippen molar-refractivity contribution in [3.05, 3.63) is 18.3 Å². The molecule has 2 N–H and O–H groups in total. The van der Waals surface area contributed by atoms with Crippen molar-refractivity contribution >= 4 is 17.6 Å². The first kappa shape index (κ1) is 13.4. The molecular weight excluding hydrogens is 216 g/mol. The maximum absolute atomic E-state index is 5.62. The summed E-state index contributed by atoms with van der Waals surface area (Å²) in [5.74, 6) is 1.81. The Labute approximate surface area is 103 Å². The third-order valence-electron chi connectivity index (χ3n) is 2.52. The average Bonchev–Trinajstić information content (AvgIpc) is 2.28. The molecule has 1 aromatic heterocycles. The second-order valence-corrected chi connectivity index (χ2v) is 5.20. The van der Waals surface area contributed by atoms with Crippen molar-refractivity contribution < 1.29 is 0 Å². The number of rotatable bonds is 8. The van der Waals surface area contributed by atoms with Crippen LogP contribution in [-0.2, 0) is 0 Å². The Morgan fingerprint density at radius 3 is 2.69 bits per heavy atom. The van der Waals surface area contributed by atoms with Gasteiger partial charge >= 0.3 is 0 Å². The molecule has 1 rings (SSSR count). The van der Waals surface area contributed by atoms with Gasteiger partial charge in [0.25, 0.3) is 0 Å². The molecule has 0 saturated heterocycles. The van der Waals surface area contributed by atoms with E-state index in [4.69, 9.17) is 5.73 Å². The Morgan fingerprint density at radius 2 is 1.94 bits per heavy atom. The highest BCUT2D eigenvalue weighted by Crippen LogP contribution is 2.20. The first-order chi connectivity index (χ1) is 7.83. The van der Waals surface area contributed by atoms with Gasteiger partial charge in [-0.1, -0.05) is 39.0 Å². The highest BCUT2D eigenvalue weighted by molar-refractivity contribution is 7.99. The van der Waals surface area contributed by atoms with Crippen molar-refractivity contribution in [3.8, 4) is 0 Å². The van der Waals surface area contributed by atoms with Gasteiger partial charge in [-0.25, -0.2) is 4.98 Å². The van der Waals surface area contributed by atoms with E-state index in [0.29, 0.717) is 5.82 Å². The normalized spacial score (nSPS) is 10.6. The van der Waals surface area contributed by atoms with Crippen molar-refractivity contribution in [1.29, 1.82) is 0 Å². The minimum Gasteiger partial charge on any atom is -0.384 e. The summed E-state index contributed by atoms with van der Waals surface area (Å²) in [5.41, 5.74) is 5.62. The Hall–Kier alpha value is -0.700. The Morgan fingerprint density at radius 1 is 1.19 bits per heavy atom. The summed E-state index contributed by atoms with van der Waals surface area (Å²) in [4.78, 5) is 5.22. The minimum atomic E-state index is 0.618. The molecule has 16 heavy (non-hydrogen) atoms. The molecule has 0 aliphatic carbocycles. The molecule has 90 valence electrons. The largest absolute Gasteiger partial charge is 0.384 e. The third-order valence-corrected chi connectivity index (χ3v) is 3.60. The molecule has 0 radical (unpaired) electrons. The van der Waals surface area contributed by atoms with E-state index in [2.05, 4.69) is 11.9 Å². The van der Waals surface area contributed by atoms with Crippen LogP contribution in [0.5, 0.6) is 0 Å². The fourth-order valence-electron chi connectivity index (χ4n) is 1.59. The molecule has 0 bridgehead atoms. The predicted octanol–water partition coefficient (Wildman–Crippen LogP) is 4.12. The van der Waals surface area contributed by atoms with Crippen molar-refractivity contribution in [2.45, 2.75) is 50.3 Å². The van der Waals surface area contributed by atoms with Crippen LogP contribution >= 0.6 is 11.8 Å². The summed E-state index contributed by atoms with van der Waals surface area (Å²) < 4.78 is 0. The summed E-state index contributed by atoms with van der Waals surface area (Å²) in [5, 5.41) is 0. The Balaban J connectivity index is 2.03. The van der Waals surface area contributed by atoms with Crippen molar-refractivity contribution in [3.63, 3.8) is 0 Å². The van der Waals surface area contributed by atoms with Gasteiger partial charge in [-0.2, -0.15) is 0 Å². The van der Waals surface area contributed by atoms with Gasteiger partial charge in [0.15, 0.2) is 0 Å². The number of nitrogens with zero attached hydrogens (tertiary/aromatic N) is 1. The molecule has 0 spiro atoms. The first-order valence-corrected chi connectivity index (χ1v) is 7.16. The zero-order valence-corrected chi connectivity index (χ0v) is 10.9. The van der Waals surface area contributed by atoms with Crippen LogP contribution in [0.1, 0.15) is 45.4 Å². The van der Waals surface area contributed by atoms with Crippen molar-refractivity contribution in [1.82, 2.24) is 4.98 Å². The van der Waals surface area contributed by atoms with E-state index in [9.17, 15) is 0 Å². The molecule has 1 aromatic rings. The number of aromatic nitrogens is 1. The summed E-state index contributed by atoms with van der Waals surface area (Å²) >= 11 is 1.88. The Kier molecular flexibility index (Phi) is 7.06. The van der Waals surface area contributed by atoms with E-state index in [1.54, 1.807) is 6.20 Å². The van der Waals surface area contributed by atoms with E-state index in [-0.39, 0.29) is 0 Å². The standard InChI is InChI=1S/C13H22N2S/c1-2-3-4-5-6-7-10-16-12-8-9-15-13(14)11-12/h8-9,11H,2-7,10H2,1H3,(H2,14,15). The molecule has 0 aliphatic heterocycles. The fourth-order valence-corrected chi connectivity index (χ4v) is 2.54. The number of pyridine rings is 1. The summed E-state index contributed by atoms with van der Waals surface area (Å²) in [7, 11) is 0. The molecule has 0 atom stereocenters. The van der Waals surface area contributed by atoms with Gasteiger partial charge in [-0.05, 0) is 24.3 Å². The van der Waals surface area contributed by atoms with Crippen molar-refractivity contribution in [2.24, 2.45) is 0 Å². The topological polar surface area (TPSA) is 38.9 Å². The lowest BCUT2D eigenvalue weighted by Crippen LogP contribution is -1.89. The van der Waals surface area contributed by atoms with Crippen LogP contribution in [0.2, 0.25) is 0 Å². The molecule has 0 fully saturated rings. The SMILES string of the molecule is CCCCCCCCSc1ccnc(N)c1. The number of hydrogen-bond donors (Lipinski definition) is 1. The molecule has 2 nitrogen and oxygen atoms in total. The highest BCUT2D eigenvalue weighted by Gasteiger charge is 1.95. The lowest BCUT2D eigenvalue weighted by atomic mass is 10.1. The smallest absolute Gasteiger partial charge is 0.124 e. The fraction of sp³-hybridized carbons (Fsp3) is 0.615. The van der Waals surface area contributed by atoms with Gasteiger partial charge in [-0.3, -0.25) is 0 Å². The minimum absolute atomic E-state index is 0.618. The quantitative estimate of drug-likeness (QED) is 0.547. The van der Waals surface area contributed by atoms with Gasteiger partial charge in [0.2, 0.25) is 0 Å². The monoisotopic (exact) mass is 238 g/mol. The first-order valence-electron chi connectivity index (χ1n) is 6.17. The van der Waals surface area contributed by atoms with Crippen molar-refractivity contribution in [2.75, 3.05) is 11.5 Å². The molecule has 0 amide bonds.